The molecule has 118 valence electrons. The molecule has 1 aliphatic heterocycles. The number of benzene rings is 1. The molecule has 0 bridgehead atoms. The predicted molar refractivity (Wildman–Crippen MR) is 94.8 cm³/mol. The molecule has 0 amide bonds. The Labute approximate surface area is 141 Å². The number of nitrogens with zero attached hydrogens (tertiary/aromatic N) is 3. The predicted octanol–water partition coefficient (Wildman–Crippen LogP) is 1.92. The van der Waals surface area contributed by atoms with Crippen molar-refractivity contribution in [3.8, 4) is 17.7 Å². The molecule has 0 radical (unpaired) electrons. The van der Waals surface area contributed by atoms with Crippen LogP contribution in [-0.4, -0.2) is 37.7 Å². The molecule has 5 nitrogen and oxygen atoms in total. The summed E-state index contributed by atoms with van der Waals surface area (Å²) in [5.41, 5.74) is 1.80. The summed E-state index contributed by atoms with van der Waals surface area (Å²) >= 11 is 0. The Hall–Kier alpha value is -2.94. The van der Waals surface area contributed by atoms with Gasteiger partial charge in [0.2, 0.25) is 0 Å². The Bertz CT molecular complexity index is 823. The Morgan fingerprint density at radius 3 is 2.75 bits per heavy atom. The first kappa shape index (κ1) is 15.9. The van der Waals surface area contributed by atoms with E-state index in [-0.39, 0.29) is 0 Å². The Kier molecular flexibility index (Phi) is 4.71. The number of anilines is 1. The fourth-order valence-electron chi connectivity index (χ4n) is 2.77. The van der Waals surface area contributed by atoms with E-state index >= 15 is 0 Å². The molecule has 2 aromatic rings. The number of rotatable bonds is 5. The minimum atomic E-state index is 0.402. The van der Waals surface area contributed by atoms with E-state index in [4.69, 9.17) is 4.74 Å². The number of carbonyl (C=O) groups is 1. The van der Waals surface area contributed by atoms with Crippen molar-refractivity contribution >= 4 is 31.0 Å². The van der Waals surface area contributed by atoms with Crippen LogP contribution in [0.3, 0.4) is 0 Å². The number of aromatic nitrogens is 1. The standard InChI is InChI=1S/C18H16BN3O2/c1-19-16-6-5-15(10-14(16)12-23)24-17-7-4-13(11-20)18(21-17)22-8-2-3-9-22/h4-7,10,12H,1-3,8-9H2. The van der Waals surface area contributed by atoms with Crippen molar-refractivity contribution in [1.82, 2.24) is 4.98 Å². The average Bonchev–Trinajstić information content (AvgIpc) is 3.16. The molecule has 3 rings (SSSR count). The topological polar surface area (TPSA) is 66.2 Å². The second kappa shape index (κ2) is 7.09. The van der Waals surface area contributed by atoms with Gasteiger partial charge in [-0.1, -0.05) is 0 Å². The van der Waals surface area contributed by atoms with Crippen molar-refractivity contribution in [2.24, 2.45) is 0 Å². The van der Waals surface area contributed by atoms with E-state index in [1.165, 1.54) is 0 Å². The van der Waals surface area contributed by atoms with E-state index < -0.39 is 0 Å². The maximum atomic E-state index is 11.1. The van der Waals surface area contributed by atoms with Crippen LogP contribution < -0.4 is 15.1 Å². The van der Waals surface area contributed by atoms with E-state index in [9.17, 15) is 10.1 Å². The zero-order chi connectivity index (χ0) is 16.9. The molecule has 0 saturated carbocycles. The third kappa shape index (κ3) is 3.20. The van der Waals surface area contributed by atoms with Crippen molar-refractivity contribution in [1.29, 1.82) is 5.26 Å². The SMILES string of the molecule is C=Bc1ccc(Oc2ccc(C#N)c(N3CCCC3)n2)cc1C=O. The van der Waals surface area contributed by atoms with Crippen molar-refractivity contribution < 1.29 is 9.53 Å². The number of aldehydes is 1. The summed E-state index contributed by atoms with van der Waals surface area (Å²) in [7, 11) is 0. The van der Waals surface area contributed by atoms with Crippen LogP contribution >= 0.6 is 0 Å². The van der Waals surface area contributed by atoms with E-state index in [2.05, 4.69) is 22.4 Å². The third-order valence-corrected chi connectivity index (χ3v) is 4.00. The first-order valence-electron chi connectivity index (χ1n) is 7.81. The number of pyridine rings is 1. The van der Waals surface area contributed by atoms with Crippen molar-refractivity contribution in [3.05, 3.63) is 41.5 Å². The normalized spacial score (nSPS) is 13.2. The van der Waals surface area contributed by atoms with Gasteiger partial charge < -0.3 is 0 Å². The van der Waals surface area contributed by atoms with E-state index in [0.29, 0.717) is 28.6 Å². The molecule has 1 aromatic carbocycles. The molecule has 0 N–H and O–H groups in total. The maximum absolute atomic E-state index is 11.1. The molecular weight excluding hydrogens is 301 g/mol. The summed E-state index contributed by atoms with van der Waals surface area (Å²) in [4.78, 5) is 17.7. The second-order valence-corrected chi connectivity index (χ2v) is 5.54. The molecule has 6 heteroatoms. The minimum absolute atomic E-state index is 0.402. The van der Waals surface area contributed by atoms with Crippen LogP contribution in [0.2, 0.25) is 0 Å². The molecule has 1 aromatic heterocycles. The summed E-state index contributed by atoms with van der Waals surface area (Å²) in [6.45, 7) is 7.10. The van der Waals surface area contributed by atoms with Gasteiger partial charge in [-0.25, -0.2) is 0 Å². The van der Waals surface area contributed by atoms with Crippen molar-refractivity contribution in [2.45, 2.75) is 12.8 Å². The van der Waals surface area contributed by atoms with E-state index in [1.807, 2.05) is 0 Å². The molecule has 1 fully saturated rings. The third-order valence-electron chi connectivity index (χ3n) is 4.00. The van der Waals surface area contributed by atoms with Crippen LogP contribution in [0, 0.1) is 11.3 Å². The fourth-order valence-corrected chi connectivity index (χ4v) is 2.77. The first-order chi connectivity index (χ1) is 11.7. The Morgan fingerprint density at radius 2 is 2.08 bits per heavy atom. The molecule has 0 spiro atoms. The summed E-state index contributed by atoms with van der Waals surface area (Å²) in [6, 6.07) is 10.8. The van der Waals surface area contributed by atoms with Gasteiger partial charge in [0.1, 0.15) is 0 Å². The summed E-state index contributed by atoms with van der Waals surface area (Å²) in [5.74, 6) is 1.58. The Morgan fingerprint density at radius 1 is 1.29 bits per heavy atom. The molecule has 24 heavy (non-hydrogen) atoms. The van der Waals surface area contributed by atoms with Gasteiger partial charge in [0.15, 0.2) is 0 Å². The summed E-state index contributed by atoms with van der Waals surface area (Å²) in [5, 5.41) is 9.28. The van der Waals surface area contributed by atoms with Crippen LogP contribution in [0.4, 0.5) is 5.82 Å². The van der Waals surface area contributed by atoms with E-state index in [0.717, 1.165) is 37.7 Å². The summed E-state index contributed by atoms with van der Waals surface area (Å²) in [6.07, 6.45) is 2.97. The molecule has 1 aliphatic rings. The fraction of sp³-hybridized carbons (Fsp3) is 0.222. The average molecular weight is 317 g/mol. The molecule has 0 aliphatic carbocycles. The molecule has 0 atom stereocenters. The molecular formula is C18H16BN3O2. The van der Waals surface area contributed by atoms with Crippen LogP contribution in [0.5, 0.6) is 11.6 Å². The van der Waals surface area contributed by atoms with Gasteiger partial charge in [-0.05, 0) is 0 Å². The van der Waals surface area contributed by atoms with Gasteiger partial charge in [0.05, 0.1) is 0 Å². The van der Waals surface area contributed by atoms with Gasteiger partial charge in [-0.2, -0.15) is 0 Å². The number of carbonyl (C=O) groups excluding carboxylic acids is 1. The molecule has 2 heterocycles. The number of nitriles is 1. The van der Waals surface area contributed by atoms with Crippen molar-refractivity contribution in [2.75, 3.05) is 18.0 Å². The first-order valence-corrected chi connectivity index (χ1v) is 7.81. The van der Waals surface area contributed by atoms with Gasteiger partial charge in [-0.3, -0.25) is 0 Å². The number of ether oxygens (including phenoxy) is 1. The van der Waals surface area contributed by atoms with Crippen LogP contribution in [-0.2, 0) is 0 Å². The van der Waals surface area contributed by atoms with Gasteiger partial charge in [0, 0.05) is 0 Å². The molecule has 0 unspecified atom stereocenters. The quantitative estimate of drug-likeness (QED) is 0.623. The summed E-state index contributed by atoms with van der Waals surface area (Å²) < 4.78 is 5.78. The monoisotopic (exact) mass is 317 g/mol. The Balaban J connectivity index is 1.90. The zero-order valence-corrected chi connectivity index (χ0v) is 13.2. The van der Waals surface area contributed by atoms with Crippen LogP contribution in [0.1, 0.15) is 28.8 Å². The van der Waals surface area contributed by atoms with Gasteiger partial charge >= 0.3 is 141 Å². The molecule has 1 saturated heterocycles. The second-order valence-electron chi connectivity index (χ2n) is 5.54. The van der Waals surface area contributed by atoms with Crippen LogP contribution in [0.15, 0.2) is 30.3 Å². The van der Waals surface area contributed by atoms with E-state index in [1.54, 1.807) is 37.3 Å². The zero-order valence-electron chi connectivity index (χ0n) is 13.2. The van der Waals surface area contributed by atoms with Gasteiger partial charge in [0.25, 0.3) is 0 Å². The number of hydrogen-bond donors (Lipinski definition) is 0. The van der Waals surface area contributed by atoms with Gasteiger partial charge in [-0.15, -0.1) is 0 Å². The number of hydrogen-bond acceptors (Lipinski definition) is 5. The van der Waals surface area contributed by atoms with Crippen molar-refractivity contribution in [3.63, 3.8) is 0 Å². The van der Waals surface area contributed by atoms with Crippen LogP contribution in [0.25, 0.3) is 0 Å².